The quantitative estimate of drug-likeness (QED) is 0.684. The summed E-state index contributed by atoms with van der Waals surface area (Å²) in [6.45, 7) is 1.92. The molecule has 92 valence electrons. The molecule has 3 aromatic rings. The van der Waals surface area contributed by atoms with Gasteiger partial charge < -0.3 is 5.11 Å². The van der Waals surface area contributed by atoms with Crippen LogP contribution in [0.3, 0.4) is 0 Å². The Hall–Kier alpha value is -2.64. The first-order chi connectivity index (χ1) is 8.56. The van der Waals surface area contributed by atoms with Crippen LogP contribution in [0.4, 0.5) is 0 Å². The van der Waals surface area contributed by atoms with Gasteiger partial charge in [0.2, 0.25) is 5.82 Å². The largest absolute Gasteiger partial charge is 0.477 e. The first kappa shape index (κ1) is 10.5. The van der Waals surface area contributed by atoms with Gasteiger partial charge in [-0.05, 0) is 13.0 Å². The molecule has 8 nitrogen and oxygen atoms in total. The number of aromatic carboxylic acids is 1. The maximum atomic E-state index is 10.9. The van der Waals surface area contributed by atoms with Crippen molar-refractivity contribution in [1.82, 2.24) is 29.6 Å². The molecule has 3 aromatic heterocycles. The van der Waals surface area contributed by atoms with Gasteiger partial charge >= 0.3 is 5.97 Å². The fraction of sp³-hybridized carbons (Fsp3) is 0.200. The zero-order chi connectivity index (χ0) is 12.9. The van der Waals surface area contributed by atoms with Crippen molar-refractivity contribution in [2.75, 3.05) is 0 Å². The van der Waals surface area contributed by atoms with Gasteiger partial charge in [-0.2, -0.15) is 5.10 Å². The topological polar surface area (TPSA) is 101 Å². The van der Waals surface area contributed by atoms with Gasteiger partial charge in [-0.25, -0.2) is 9.31 Å². The van der Waals surface area contributed by atoms with Crippen LogP contribution < -0.4 is 0 Å². The highest BCUT2D eigenvalue weighted by atomic mass is 16.4. The Labute approximate surface area is 101 Å². The molecular formula is C10H10N6O2. The Morgan fingerprint density at radius 3 is 2.78 bits per heavy atom. The third-order valence-corrected chi connectivity index (χ3v) is 2.77. The Kier molecular flexibility index (Phi) is 2.00. The Morgan fingerprint density at radius 2 is 2.17 bits per heavy atom. The third kappa shape index (κ3) is 1.39. The first-order valence-electron chi connectivity index (χ1n) is 5.24. The number of nitrogens with zero attached hydrogens (tertiary/aromatic N) is 5. The average Bonchev–Trinajstić information content (AvgIpc) is 2.93. The smallest absolute Gasteiger partial charge is 0.353 e. The molecule has 0 atom stereocenters. The van der Waals surface area contributed by atoms with E-state index in [-0.39, 0.29) is 5.69 Å². The predicted octanol–water partition coefficient (Wildman–Crippen LogP) is 0.465. The molecule has 0 unspecified atom stereocenters. The molecule has 18 heavy (non-hydrogen) atoms. The van der Waals surface area contributed by atoms with Crippen molar-refractivity contribution in [2.45, 2.75) is 6.92 Å². The standard InChI is InChI=1S/C10H10N6O2/c1-5-3-6(13-15(5)2)9-12-11-8-4-7(10(17)18)14-16(8)9/h3-4,14H,1-2H3,(H,17,18). The number of carboxylic acids is 1. The van der Waals surface area contributed by atoms with Gasteiger partial charge in [-0.3, -0.25) is 9.78 Å². The summed E-state index contributed by atoms with van der Waals surface area (Å²) in [5.74, 6) is -0.551. The number of nitrogens with one attached hydrogen (secondary N) is 1. The maximum Gasteiger partial charge on any atom is 0.353 e. The molecule has 0 aliphatic heterocycles. The number of aryl methyl sites for hydroxylation is 2. The van der Waals surface area contributed by atoms with Crippen LogP contribution >= 0.6 is 0 Å². The average molecular weight is 246 g/mol. The molecule has 8 heteroatoms. The summed E-state index contributed by atoms with van der Waals surface area (Å²) in [5, 5.41) is 23.8. The van der Waals surface area contributed by atoms with E-state index in [1.54, 1.807) is 4.68 Å². The van der Waals surface area contributed by atoms with Crippen LogP contribution in [-0.2, 0) is 7.05 Å². The van der Waals surface area contributed by atoms with E-state index in [4.69, 9.17) is 5.11 Å². The number of rotatable bonds is 2. The second-order valence-electron chi connectivity index (χ2n) is 3.99. The summed E-state index contributed by atoms with van der Waals surface area (Å²) >= 11 is 0. The zero-order valence-corrected chi connectivity index (χ0v) is 9.75. The van der Waals surface area contributed by atoms with E-state index in [1.807, 2.05) is 20.0 Å². The van der Waals surface area contributed by atoms with Gasteiger partial charge in [0.25, 0.3) is 0 Å². The lowest BCUT2D eigenvalue weighted by Gasteiger charge is -1.92. The number of aromatic amines is 1. The minimum atomic E-state index is -1.04. The summed E-state index contributed by atoms with van der Waals surface area (Å²) in [6.07, 6.45) is 0. The van der Waals surface area contributed by atoms with Gasteiger partial charge in [0, 0.05) is 18.8 Å². The number of hydrogen-bond donors (Lipinski definition) is 2. The summed E-state index contributed by atoms with van der Waals surface area (Å²) in [7, 11) is 1.83. The summed E-state index contributed by atoms with van der Waals surface area (Å²) in [4.78, 5) is 10.9. The second-order valence-corrected chi connectivity index (χ2v) is 3.99. The summed E-state index contributed by atoms with van der Waals surface area (Å²) < 4.78 is 3.22. The highest BCUT2D eigenvalue weighted by Gasteiger charge is 2.16. The molecule has 3 rings (SSSR count). The van der Waals surface area contributed by atoms with Crippen LogP contribution in [0.2, 0.25) is 0 Å². The lowest BCUT2D eigenvalue weighted by atomic mass is 10.3. The number of carboxylic acid groups (broad SMARTS) is 1. The van der Waals surface area contributed by atoms with Crippen LogP contribution in [0.1, 0.15) is 16.2 Å². The van der Waals surface area contributed by atoms with E-state index in [9.17, 15) is 4.79 Å². The van der Waals surface area contributed by atoms with Gasteiger partial charge in [0.15, 0.2) is 5.65 Å². The molecule has 0 saturated carbocycles. The molecule has 2 N–H and O–H groups in total. The number of aromatic nitrogens is 6. The maximum absolute atomic E-state index is 10.9. The van der Waals surface area contributed by atoms with E-state index in [2.05, 4.69) is 20.4 Å². The van der Waals surface area contributed by atoms with Crippen LogP contribution in [0.25, 0.3) is 17.2 Å². The molecule has 0 amide bonds. The van der Waals surface area contributed by atoms with Crippen molar-refractivity contribution in [3.63, 3.8) is 0 Å². The monoisotopic (exact) mass is 246 g/mol. The molecule has 0 spiro atoms. The molecule has 0 aliphatic carbocycles. The van der Waals surface area contributed by atoms with Crippen LogP contribution in [0, 0.1) is 6.92 Å². The van der Waals surface area contributed by atoms with Crippen molar-refractivity contribution >= 4 is 11.6 Å². The molecule has 0 radical (unpaired) electrons. The molecule has 0 fully saturated rings. The van der Waals surface area contributed by atoms with Crippen LogP contribution in [0.15, 0.2) is 12.1 Å². The van der Waals surface area contributed by atoms with E-state index in [0.29, 0.717) is 17.2 Å². The van der Waals surface area contributed by atoms with Crippen molar-refractivity contribution in [3.05, 3.63) is 23.5 Å². The van der Waals surface area contributed by atoms with Gasteiger partial charge in [0.05, 0.1) is 0 Å². The van der Waals surface area contributed by atoms with Crippen LogP contribution in [-0.4, -0.2) is 40.7 Å². The second kappa shape index (κ2) is 3.42. The number of carbonyl (C=O) groups is 1. The molecule has 0 saturated heterocycles. The number of fused-ring (bicyclic) bond motifs is 1. The number of H-pyrrole nitrogens is 1. The van der Waals surface area contributed by atoms with E-state index in [0.717, 1.165) is 5.69 Å². The normalized spacial score (nSPS) is 11.2. The molecule has 0 aromatic carbocycles. The Bertz CT molecular complexity index is 730. The third-order valence-electron chi connectivity index (χ3n) is 2.77. The first-order valence-corrected chi connectivity index (χ1v) is 5.24. The Morgan fingerprint density at radius 1 is 1.39 bits per heavy atom. The van der Waals surface area contributed by atoms with Crippen LogP contribution in [0.5, 0.6) is 0 Å². The van der Waals surface area contributed by atoms with Crippen molar-refractivity contribution < 1.29 is 9.90 Å². The highest BCUT2D eigenvalue weighted by molar-refractivity contribution is 5.86. The molecule has 3 heterocycles. The van der Waals surface area contributed by atoms with Crippen molar-refractivity contribution in [2.24, 2.45) is 7.05 Å². The highest BCUT2D eigenvalue weighted by Crippen LogP contribution is 2.17. The lowest BCUT2D eigenvalue weighted by molar-refractivity contribution is 0.0690. The van der Waals surface area contributed by atoms with E-state index >= 15 is 0 Å². The summed E-state index contributed by atoms with van der Waals surface area (Å²) in [6, 6.07) is 3.28. The van der Waals surface area contributed by atoms with E-state index < -0.39 is 5.97 Å². The van der Waals surface area contributed by atoms with Gasteiger partial charge in [-0.15, -0.1) is 10.2 Å². The van der Waals surface area contributed by atoms with Gasteiger partial charge in [-0.1, -0.05) is 0 Å². The predicted molar refractivity (Wildman–Crippen MR) is 61.2 cm³/mol. The lowest BCUT2D eigenvalue weighted by Crippen LogP contribution is -1.99. The number of hydrogen-bond acceptors (Lipinski definition) is 4. The molecule has 0 aliphatic rings. The van der Waals surface area contributed by atoms with E-state index in [1.165, 1.54) is 10.6 Å². The minimum Gasteiger partial charge on any atom is -0.477 e. The molecular weight excluding hydrogens is 236 g/mol. The fourth-order valence-electron chi connectivity index (χ4n) is 1.73. The summed E-state index contributed by atoms with van der Waals surface area (Å²) in [5.41, 5.74) is 2.13. The van der Waals surface area contributed by atoms with Crippen molar-refractivity contribution in [3.8, 4) is 11.5 Å². The molecule has 0 bridgehead atoms. The van der Waals surface area contributed by atoms with Crippen molar-refractivity contribution in [1.29, 1.82) is 0 Å². The SMILES string of the molecule is Cc1cc(-c2nnc3cc(C(=O)O)[nH]n23)nn1C. The minimum absolute atomic E-state index is 0.0637. The van der Waals surface area contributed by atoms with Gasteiger partial charge in [0.1, 0.15) is 11.4 Å². The Balaban J connectivity index is 2.19. The fourth-order valence-corrected chi connectivity index (χ4v) is 1.73. The zero-order valence-electron chi connectivity index (χ0n) is 9.75.